The lowest BCUT2D eigenvalue weighted by Gasteiger charge is -2.46. The van der Waals surface area contributed by atoms with Crippen LogP contribution in [0.25, 0.3) is 0 Å². The second-order valence-electron chi connectivity index (χ2n) is 11.3. The molecule has 0 radical (unpaired) electrons. The quantitative estimate of drug-likeness (QED) is 0.406. The number of ether oxygens (including phenoxy) is 1. The summed E-state index contributed by atoms with van der Waals surface area (Å²) < 4.78 is 21.2. The molecule has 1 amide bonds. The van der Waals surface area contributed by atoms with Crippen molar-refractivity contribution in [3.8, 4) is 0 Å². The summed E-state index contributed by atoms with van der Waals surface area (Å²) >= 11 is 0. The van der Waals surface area contributed by atoms with Crippen LogP contribution in [0, 0.1) is 5.92 Å². The third kappa shape index (κ3) is 4.45. The highest BCUT2D eigenvalue weighted by Crippen LogP contribution is 2.39. The van der Waals surface area contributed by atoms with E-state index in [0.29, 0.717) is 38.1 Å². The molecule has 0 aromatic rings. The van der Waals surface area contributed by atoms with Crippen LogP contribution in [-0.4, -0.2) is 103 Å². The fourth-order valence-corrected chi connectivity index (χ4v) is 7.67. The lowest BCUT2D eigenvalue weighted by molar-refractivity contribution is -0.134. The summed E-state index contributed by atoms with van der Waals surface area (Å²) in [4.78, 5) is 18.0. The van der Waals surface area contributed by atoms with Gasteiger partial charge >= 0.3 is 0 Å². The normalized spacial score (nSPS) is 49.2. The number of fused-ring (bicyclic) bond motifs is 7. The molecule has 5 aliphatic heterocycles. The molecule has 0 spiro atoms. The van der Waals surface area contributed by atoms with E-state index in [-0.39, 0.29) is 48.4 Å². The molecule has 0 aromatic heterocycles. The number of alkyl halides is 1. The third-order valence-corrected chi connectivity index (χ3v) is 9.11. The summed E-state index contributed by atoms with van der Waals surface area (Å²) in [7, 11) is 0. The van der Waals surface area contributed by atoms with Crippen LogP contribution in [0.5, 0.6) is 0 Å². The van der Waals surface area contributed by atoms with E-state index in [1.807, 2.05) is 4.90 Å². The molecule has 4 N–H and O–H groups in total. The highest BCUT2D eigenvalue weighted by atomic mass is 19.1. The van der Waals surface area contributed by atoms with Crippen LogP contribution in [0.4, 0.5) is 4.39 Å². The molecule has 6 rings (SSSR count). The van der Waals surface area contributed by atoms with Gasteiger partial charge in [0.05, 0.1) is 24.5 Å². The summed E-state index contributed by atoms with van der Waals surface area (Å²) in [6.45, 7) is 5.94. The minimum atomic E-state index is -0.741. The van der Waals surface area contributed by atoms with Gasteiger partial charge in [0.15, 0.2) is 0 Å². The number of carbonyl (C=O) groups is 1. The standard InChI is InChI=1S/C24H41FN6O2/c1-14-27-20-9-15(25)8-18-19-4-2-5-22(29-19)28-16-10-21(26-11-16)24(32)30-6-3-7-33-17(12-30)13-31(14)23(18)20/h14-23,26-29H,2-13H2,1H3/t14?,15?,16-,17+,18?,19?,20?,21-,22?,23?/m0/s1. The Balaban J connectivity index is 1.32. The first-order chi connectivity index (χ1) is 16.0. The van der Waals surface area contributed by atoms with Crippen molar-refractivity contribution in [1.29, 1.82) is 0 Å². The Morgan fingerprint density at radius 3 is 2.85 bits per heavy atom. The molecule has 6 fully saturated rings. The zero-order valence-electron chi connectivity index (χ0n) is 19.8. The molecular weight excluding hydrogens is 423 g/mol. The van der Waals surface area contributed by atoms with Crippen LogP contribution in [0.1, 0.15) is 51.9 Å². The maximum atomic E-state index is 14.9. The van der Waals surface area contributed by atoms with Crippen molar-refractivity contribution in [3.63, 3.8) is 0 Å². The number of nitrogens with zero attached hydrogens (tertiary/aromatic N) is 2. The summed E-state index contributed by atoms with van der Waals surface area (Å²) in [6.07, 6.45) is 5.99. The van der Waals surface area contributed by atoms with E-state index < -0.39 is 6.17 Å². The molecule has 5 heterocycles. The van der Waals surface area contributed by atoms with Crippen molar-refractivity contribution in [2.24, 2.45) is 5.92 Å². The largest absolute Gasteiger partial charge is 0.375 e. The Bertz CT molecular complexity index is 729. The van der Waals surface area contributed by atoms with Crippen molar-refractivity contribution < 1.29 is 13.9 Å². The number of hydrogen-bond donors (Lipinski definition) is 4. The van der Waals surface area contributed by atoms with Crippen molar-refractivity contribution in [3.05, 3.63) is 0 Å². The lowest BCUT2D eigenvalue weighted by Crippen LogP contribution is -2.61. The van der Waals surface area contributed by atoms with Crippen LogP contribution in [-0.2, 0) is 9.53 Å². The van der Waals surface area contributed by atoms with Crippen molar-refractivity contribution in [2.45, 2.75) is 107 Å². The van der Waals surface area contributed by atoms with Crippen molar-refractivity contribution in [1.82, 2.24) is 31.1 Å². The Hall–Kier alpha value is -0.840. The minimum Gasteiger partial charge on any atom is -0.375 e. The predicted octanol–water partition coefficient (Wildman–Crippen LogP) is 0.142. The monoisotopic (exact) mass is 464 g/mol. The second kappa shape index (κ2) is 9.32. The van der Waals surface area contributed by atoms with Crippen LogP contribution < -0.4 is 21.3 Å². The first kappa shape index (κ1) is 22.6. The first-order valence-electron chi connectivity index (χ1n) is 13.4. The van der Waals surface area contributed by atoms with Crippen LogP contribution in [0.3, 0.4) is 0 Å². The van der Waals surface area contributed by atoms with Gasteiger partial charge in [0, 0.05) is 57.0 Å². The average Bonchev–Trinajstić information content (AvgIpc) is 3.29. The highest BCUT2D eigenvalue weighted by Gasteiger charge is 2.51. The van der Waals surface area contributed by atoms with E-state index >= 15 is 0 Å². The van der Waals surface area contributed by atoms with Gasteiger partial charge in [0.2, 0.25) is 5.91 Å². The smallest absolute Gasteiger partial charge is 0.239 e. The van der Waals surface area contributed by atoms with Gasteiger partial charge in [-0.15, -0.1) is 0 Å². The lowest BCUT2D eigenvalue weighted by atomic mass is 9.74. The number of hydrogen-bond acceptors (Lipinski definition) is 7. The second-order valence-corrected chi connectivity index (χ2v) is 11.3. The van der Waals surface area contributed by atoms with E-state index in [2.05, 4.69) is 33.1 Å². The molecule has 186 valence electrons. The third-order valence-electron chi connectivity index (χ3n) is 9.11. The maximum Gasteiger partial charge on any atom is 0.239 e. The number of amides is 1. The molecule has 8 nitrogen and oxygen atoms in total. The fraction of sp³-hybridized carbons (Fsp3) is 0.958. The van der Waals surface area contributed by atoms with E-state index in [1.54, 1.807) is 0 Å². The Kier molecular flexibility index (Phi) is 6.38. The van der Waals surface area contributed by atoms with Gasteiger partial charge in [-0.2, -0.15) is 0 Å². The van der Waals surface area contributed by atoms with Gasteiger partial charge in [-0.25, -0.2) is 4.39 Å². The Morgan fingerprint density at radius 1 is 1.03 bits per heavy atom. The number of halogens is 1. The van der Waals surface area contributed by atoms with E-state index in [0.717, 1.165) is 51.7 Å². The van der Waals surface area contributed by atoms with Gasteiger partial charge in [-0.3, -0.25) is 25.6 Å². The molecule has 33 heavy (non-hydrogen) atoms. The molecule has 1 saturated carbocycles. The van der Waals surface area contributed by atoms with Gasteiger partial charge < -0.3 is 15.0 Å². The zero-order valence-corrected chi connectivity index (χ0v) is 19.8. The van der Waals surface area contributed by atoms with E-state index in [1.165, 1.54) is 0 Å². The molecular formula is C24H41FN6O2. The topological polar surface area (TPSA) is 80.9 Å². The van der Waals surface area contributed by atoms with Gasteiger partial charge in [0.25, 0.3) is 0 Å². The molecule has 10 atom stereocenters. The van der Waals surface area contributed by atoms with Crippen molar-refractivity contribution >= 4 is 5.91 Å². The summed E-state index contributed by atoms with van der Waals surface area (Å²) in [5.41, 5.74) is 0. The number of carbonyl (C=O) groups excluding carboxylic acids is 1. The van der Waals surface area contributed by atoms with E-state index in [9.17, 15) is 9.18 Å². The zero-order chi connectivity index (χ0) is 22.5. The Labute approximate surface area is 196 Å². The summed E-state index contributed by atoms with van der Waals surface area (Å²) in [5, 5.41) is 14.9. The highest BCUT2D eigenvalue weighted by molar-refractivity contribution is 5.82. The maximum absolute atomic E-state index is 14.9. The molecule has 1 aliphatic carbocycles. The van der Waals surface area contributed by atoms with Crippen LogP contribution in [0.15, 0.2) is 0 Å². The van der Waals surface area contributed by atoms with Gasteiger partial charge in [-0.05, 0) is 57.8 Å². The average molecular weight is 465 g/mol. The molecule has 9 heteroatoms. The van der Waals surface area contributed by atoms with Crippen molar-refractivity contribution in [2.75, 3.05) is 32.8 Å². The van der Waals surface area contributed by atoms with E-state index in [4.69, 9.17) is 4.74 Å². The molecule has 6 bridgehead atoms. The summed E-state index contributed by atoms with van der Waals surface area (Å²) in [6, 6.07) is 0.987. The molecule has 6 aliphatic rings. The van der Waals surface area contributed by atoms with Crippen LogP contribution in [0.2, 0.25) is 0 Å². The molecule has 5 saturated heterocycles. The summed E-state index contributed by atoms with van der Waals surface area (Å²) in [5.74, 6) is 0.504. The number of piperidine rings is 1. The molecule has 7 unspecified atom stereocenters. The SMILES string of the molecule is CC1NC2CC(F)CC3C4CCCC(N4)N[C@@H]4CN[C@@H](C4)C(=O)N4CCCO[C@H](C4)CN1C23. The fourth-order valence-electron chi connectivity index (χ4n) is 7.67. The number of rotatable bonds is 0. The minimum absolute atomic E-state index is 0.00397. The Morgan fingerprint density at radius 2 is 1.94 bits per heavy atom. The van der Waals surface area contributed by atoms with Gasteiger partial charge in [-0.1, -0.05) is 0 Å². The predicted molar refractivity (Wildman–Crippen MR) is 123 cm³/mol. The molecule has 0 aromatic carbocycles. The van der Waals surface area contributed by atoms with Gasteiger partial charge in [0.1, 0.15) is 6.17 Å². The first-order valence-corrected chi connectivity index (χ1v) is 13.4. The van der Waals surface area contributed by atoms with Crippen LogP contribution >= 0.6 is 0 Å². The number of nitrogens with one attached hydrogen (secondary N) is 4.